The highest BCUT2D eigenvalue weighted by Crippen LogP contribution is 2.29. The molecule has 0 aromatic heterocycles. The van der Waals surface area contributed by atoms with Gasteiger partial charge >= 0.3 is 0 Å². The number of methoxy groups -OCH3 is 1. The highest BCUT2D eigenvalue weighted by atomic mass is 79.9. The predicted molar refractivity (Wildman–Crippen MR) is 96.7 cm³/mol. The lowest BCUT2D eigenvalue weighted by atomic mass is 10.1. The lowest BCUT2D eigenvalue weighted by Crippen LogP contribution is -2.18. The van der Waals surface area contributed by atoms with Crippen LogP contribution in [0.2, 0.25) is 0 Å². The Labute approximate surface area is 146 Å². The van der Waals surface area contributed by atoms with Gasteiger partial charge < -0.3 is 4.74 Å². The Hall–Kier alpha value is -1.33. The van der Waals surface area contributed by atoms with Crippen LogP contribution in [0.25, 0.3) is 0 Å². The number of rotatable bonds is 7. The van der Waals surface area contributed by atoms with Crippen molar-refractivity contribution in [1.29, 1.82) is 0 Å². The summed E-state index contributed by atoms with van der Waals surface area (Å²) in [6, 6.07) is 15.0. The molecule has 0 fully saturated rings. The molecular formula is C18H21BrO3S. The van der Waals surface area contributed by atoms with Crippen LogP contribution >= 0.6 is 15.9 Å². The molecule has 1 unspecified atom stereocenters. The largest absolute Gasteiger partial charge is 0.496 e. The fourth-order valence-electron chi connectivity index (χ4n) is 2.45. The maximum absolute atomic E-state index is 12.7. The minimum atomic E-state index is -3.33. The van der Waals surface area contributed by atoms with E-state index in [4.69, 9.17) is 4.74 Å². The maximum atomic E-state index is 12.7. The fraction of sp³-hybridized carbons (Fsp3) is 0.333. The molecule has 3 nitrogen and oxygen atoms in total. The van der Waals surface area contributed by atoms with Crippen LogP contribution in [0.1, 0.15) is 25.3 Å². The number of hydrogen-bond donors (Lipinski definition) is 0. The first kappa shape index (κ1) is 18.0. The van der Waals surface area contributed by atoms with Crippen molar-refractivity contribution in [3.8, 4) is 5.75 Å². The standard InChI is InChI=1S/C18H21BrO3S/c1-14(7-6-10-15-8-4-3-5-9-15)23(20,21)16-11-12-18(22-2)17(19)13-16/h3-5,8-9,11-14H,6-7,10H2,1-2H3. The molecule has 2 rings (SSSR count). The number of ether oxygens (including phenoxy) is 1. The smallest absolute Gasteiger partial charge is 0.180 e. The van der Waals surface area contributed by atoms with E-state index in [1.807, 2.05) is 18.2 Å². The SMILES string of the molecule is COc1ccc(S(=O)(=O)C(C)CCCc2ccccc2)cc1Br. The highest BCUT2D eigenvalue weighted by Gasteiger charge is 2.23. The summed E-state index contributed by atoms with van der Waals surface area (Å²) >= 11 is 3.34. The van der Waals surface area contributed by atoms with E-state index in [0.717, 1.165) is 12.8 Å². The molecule has 0 bridgehead atoms. The van der Waals surface area contributed by atoms with Crippen molar-refractivity contribution in [3.63, 3.8) is 0 Å². The van der Waals surface area contributed by atoms with Crippen molar-refractivity contribution < 1.29 is 13.2 Å². The first-order valence-corrected chi connectivity index (χ1v) is 9.90. The van der Waals surface area contributed by atoms with Crippen molar-refractivity contribution in [1.82, 2.24) is 0 Å². The molecule has 0 aliphatic carbocycles. The monoisotopic (exact) mass is 396 g/mol. The zero-order valence-corrected chi connectivity index (χ0v) is 15.7. The Morgan fingerprint density at radius 1 is 1.13 bits per heavy atom. The van der Waals surface area contributed by atoms with E-state index in [-0.39, 0.29) is 0 Å². The quantitative estimate of drug-likeness (QED) is 0.684. The third-order valence-corrected chi connectivity index (χ3v) is 6.73. The van der Waals surface area contributed by atoms with E-state index in [1.54, 1.807) is 32.2 Å². The summed E-state index contributed by atoms with van der Waals surface area (Å²) in [6.45, 7) is 1.78. The summed E-state index contributed by atoms with van der Waals surface area (Å²) in [5.74, 6) is 0.626. The second kappa shape index (κ2) is 7.97. The molecule has 0 radical (unpaired) electrons. The van der Waals surface area contributed by atoms with Crippen molar-refractivity contribution in [2.75, 3.05) is 7.11 Å². The van der Waals surface area contributed by atoms with Crippen LogP contribution in [-0.4, -0.2) is 20.8 Å². The van der Waals surface area contributed by atoms with Gasteiger partial charge in [-0.25, -0.2) is 8.42 Å². The predicted octanol–water partition coefficient (Wildman–Crippen LogP) is 4.64. The average molecular weight is 397 g/mol. The molecule has 2 aromatic carbocycles. The number of aryl methyl sites for hydroxylation is 1. The number of halogens is 1. The van der Waals surface area contributed by atoms with Crippen molar-refractivity contribution in [2.45, 2.75) is 36.3 Å². The minimum Gasteiger partial charge on any atom is -0.496 e. The molecule has 124 valence electrons. The first-order chi connectivity index (χ1) is 10.9. The maximum Gasteiger partial charge on any atom is 0.180 e. The van der Waals surface area contributed by atoms with E-state index in [0.29, 0.717) is 21.5 Å². The third-order valence-electron chi connectivity index (χ3n) is 3.90. The van der Waals surface area contributed by atoms with E-state index in [1.165, 1.54) is 5.56 Å². The molecule has 5 heteroatoms. The lowest BCUT2D eigenvalue weighted by molar-refractivity contribution is 0.411. The van der Waals surface area contributed by atoms with Gasteiger partial charge in [0.05, 0.1) is 21.7 Å². The summed E-state index contributed by atoms with van der Waals surface area (Å²) in [5.41, 5.74) is 1.24. The second-order valence-corrected chi connectivity index (χ2v) is 8.75. The summed E-state index contributed by atoms with van der Waals surface area (Å²) in [4.78, 5) is 0.331. The molecule has 0 amide bonds. The van der Waals surface area contributed by atoms with E-state index in [2.05, 4.69) is 28.1 Å². The topological polar surface area (TPSA) is 43.4 Å². The van der Waals surface area contributed by atoms with Crippen LogP contribution in [0.5, 0.6) is 5.75 Å². The number of sulfone groups is 1. The fourth-order valence-corrected chi connectivity index (χ4v) is 4.62. The molecule has 0 spiro atoms. The summed E-state index contributed by atoms with van der Waals surface area (Å²) in [5, 5.41) is -0.411. The Morgan fingerprint density at radius 3 is 2.43 bits per heavy atom. The van der Waals surface area contributed by atoms with E-state index < -0.39 is 15.1 Å². The van der Waals surface area contributed by atoms with E-state index >= 15 is 0 Å². The van der Waals surface area contributed by atoms with Crippen LogP contribution in [0.3, 0.4) is 0 Å². The summed E-state index contributed by atoms with van der Waals surface area (Å²) in [7, 11) is -1.77. The third kappa shape index (κ3) is 4.58. The first-order valence-electron chi connectivity index (χ1n) is 7.56. The molecule has 1 atom stereocenters. The van der Waals surface area contributed by atoms with Gasteiger partial charge in [-0.05, 0) is 65.9 Å². The van der Waals surface area contributed by atoms with Crippen LogP contribution in [0.4, 0.5) is 0 Å². The Morgan fingerprint density at radius 2 is 1.83 bits per heavy atom. The molecule has 0 saturated carbocycles. The molecule has 0 heterocycles. The Bertz CT molecular complexity index is 742. The lowest BCUT2D eigenvalue weighted by Gasteiger charge is -2.14. The normalized spacial score (nSPS) is 12.8. The van der Waals surface area contributed by atoms with Crippen molar-refractivity contribution in [3.05, 3.63) is 58.6 Å². The molecule has 0 aliphatic rings. The highest BCUT2D eigenvalue weighted by molar-refractivity contribution is 9.10. The molecular weight excluding hydrogens is 376 g/mol. The van der Waals surface area contributed by atoms with E-state index in [9.17, 15) is 8.42 Å². The van der Waals surface area contributed by atoms with Crippen LogP contribution in [0.15, 0.2) is 57.9 Å². The molecule has 23 heavy (non-hydrogen) atoms. The minimum absolute atomic E-state index is 0.331. The van der Waals surface area contributed by atoms with Gasteiger partial charge in [-0.3, -0.25) is 0 Å². The van der Waals surface area contributed by atoms with Crippen LogP contribution < -0.4 is 4.74 Å². The van der Waals surface area contributed by atoms with Gasteiger partial charge in [-0.1, -0.05) is 30.3 Å². The number of hydrogen-bond acceptors (Lipinski definition) is 3. The van der Waals surface area contributed by atoms with Gasteiger partial charge in [-0.2, -0.15) is 0 Å². The van der Waals surface area contributed by atoms with Gasteiger partial charge in [0, 0.05) is 0 Å². The van der Waals surface area contributed by atoms with Crippen LogP contribution in [0, 0.1) is 0 Å². The summed E-state index contributed by atoms with van der Waals surface area (Å²) < 4.78 is 31.1. The molecule has 0 N–H and O–H groups in total. The molecule has 0 aliphatic heterocycles. The number of benzene rings is 2. The zero-order valence-electron chi connectivity index (χ0n) is 13.3. The Balaban J connectivity index is 2.02. The van der Waals surface area contributed by atoms with Gasteiger partial charge in [-0.15, -0.1) is 0 Å². The Kier molecular flexibility index (Phi) is 6.25. The van der Waals surface area contributed by atoms with Crippen LogP contribution in [-0.2, 0) is 16.3 Å². The van der Waals surface area contributed by atoms with Gasteiger partial charge in [0.25, 0.3) is 0 Å². The zero-order chi connectivity index (χ0) is 16.9. The summed E-state index contributed by atoms with van der Waals surface area (Å²) in [6.07, 6.45) is 2.38. The van der Waals surface area contributed by atoms with Crippen molar-refractivity contribution in [2.24, 2.45) is 0 Å². The average Bonchev–Trinajstić information content (AvgIpc) is 2.55. The van der Waals surface area contributed by atoms with Gasteiger partial charge in [0.15, 0.2) is 9.84 Å². The molecule has 2 aromatic rings. The second-order valence-electron chi connectivity index (χ2n) is 5.53. The van der Waals surface area contributed by atoms with Gasteiger partial charge in [0.1, 0.15) is 5.75 Å². The van der Waals surface area contributed by atoms with Crippen molar-refractivity contribution >= 4 is 25.8 Å². The molecule has 0 saturated heterocycles. The van der Waals surface area contributed by atoms with Gasteiger partial charge in [0.2, 0.25) is 0 Å².